The molecule has 5 heterocycles. The zero-order valence-corrected chi connectivity index (χ0v) is 53.3. The summed E-state index contributed by atoms with van der Waals surface area (Å²) in [5.74, 6) is 2.84. The summed E-state index contributed by atoms with van der Waals surface area (Å²) in [6, 6.07) is 40.8. The highest BCUT2D eigenvalue weighted by Crippen LogP contribution is 2.40. The molecule has 3 aromatic heterocycles. The topological polar surface area (TPSA) is 205 Å². The molecule has 20 heteroatoms. The van der Waals surface area contributed by atoms with Crippen LogP contribution < -0.4 is 18.9 Å². The van der Waals surface area contributed by atoms with Gasteiger partial charge in [0.1, 0.15) is 49.4 Å². The van der Waals surface area contributed by atoms with Crippen LogP contribution in [-0.2, 0) is 56.8 Å². The first-order valence-electron chi connectivity index (χ1n) is 31.2. The minimum absolute atomic E-state index is 0.374. The van der Waals surface area contributed by atoms with Crippen LogP contribution in [0.2, 0.25) is 0 Å². The van der Waals surface area contributed by atoms with Crippen LogP contribution in [0.4, 0.5) is 0 Å². The quantitative estimate of drug-likeness (QED) is 0.0341. The Balaban J connectivity index is 1.10. The highest BCUT2D eigenvalue weighted by Gasteiger charge is 2.21. The minimum Gasteiger partial charge on any atom is -0.491 e. The molecule has 0 unspecified atom stereocenters. The smallest absolute Gasteiger partial charge is 0.119 e. The van der Waals surface area contributed by atoms with Crippen molar-refractivity contribution in [3.63, 3.8) is 0 Å². The van der Waals surface area contributed by atoms with Gasteiger partial charge in [-0.3, -0.25) is 0 Å². The Labute approximate surface area is 538 Å². The Morgan fingerprint density at radius 2 is 0.435 bits per heavy atom. The van der Waals surface area contributed by atoms with Crippen molar-refractivity contribution in [1.82, 2.24) is 19.9 Å². The summed E-state index contributed by atoms with van der Waals surface area (Å²) in [4.78, 5) is 18.8. The van der Waals surface area contributed by atoms with E-state index in [-0.39, 0.29) is 0 Å². The van der Waals surface area contributed by atoms with E-state index in [1.165, 1.54) is 0 Å². The first-order chi connectivity index (χ1) is 45.5. The molecule has 0 fully saturated rings. The van der Waals surface area contributed by atoms with E-state index in [2.05, 4.69) is 107 Å². The van der Waals surface area contributed by atoms with Gasteiger partial charge < -0.3 is 85.8 Å². The molecule has 7 aromatic rings. The van der Waals surface area contributed by atoms with E-state index in [0.717, 1.165) is 89.4 Å². The first-order valence-corrected chi connectivity index (χ1v) is 31.2. The molecule has 0 atom stereocenters. The molecular formula is C72H86N4O16. The average molecular weight is 1260 g/mol. The number of nitrogens with zero attached hydrogens (tertiary/aromatic N) is 2. The molecule has 9 rings (SSSR count). The molecule has 2 aliphatic heterocycles. The number of rotatable bonds is 44. The number of H-pyrrole nitrogens is 2. The summed E-state index contributed by atoms with van der Waals surface area (Å²) in [6.07, 6.45) is 8.27. The first kappa shape index (κ1) is 68.6. The Kier molecular flexibility index (Phi) is 29.0. The van der Waals surface area contributed by atoms with E-state index in [0.29, 0.717) is 182 Å². The number of nitrogens with one attached hydrogen (secondary N) is 2. The van der Waals surface area contributed by atoms with Crippen molar-refractivity contribution in [2.45, 2.75) is 0 Å². The fourth-order valence-electron chi connectivity index (χ4n) is 10.0. The Morgan fingerprint density at radius 3 is 0.696 bits per heavy atom. The van der Waals surface area contributed by atoms with Crippen LogP contribution in [0.5, 0.6) is 23.0 Å². The molecule has 8 bridgehead atoms. The zero-order chi connectivity index (χ0) is 63.6. The molecule has 0 aliphatic carbocycles. The standard InChI is InChI=1S/C72H86N4O16/c1-77-29-33-81-37-41-85-45-49-89-57-13-5-53(6-14-57)69-61-21-23-63(73-61)70(54-7-15-58(16-8-54)90-50-46-86-42-38-82-34-30-78-2)65-25-27-67(75-65)72(56-11-19-60(20-12-56)92-52-48-88-44-40-84-36-32-80-4)68-28-26-66(76-68)71(64-24-22-62(69)74-64)55-9-17-59(18-10-55)91-51-47-87-43-39-83-35-31-79-3/h5-28,73-74H,29-52H2,1-4H3. The van der Waals surface area contributed by atoms with Crippen LogP contribution in [-0.4, -0.2) is 207 Å². The SMILES string of the molecule is COCCOCCOCCOc1ccc(-c2c3nc(c(-c4ccc(OCCOCCOCCOC)cc4)c4ccc([nH]4)c(-c4ccc(OCCOCCOCCOC)cc4)c4ccc([nH]4)c(-c4ccc(OCCOCCOCCOC)cc4)c4nc2C=C4)C=C3)cc1. The van der Waals surface area contributed by atoms with E-state index in [9.17, 15) is 0 Å². The third-order valence-corrected chi connectivity index (χ3v) is 14.5. The average Bonchev–Trinajstić information content (AvgIpc) is 1.76. The van der Waals surface area contributed by atoms with Gasteiger partial charge in [0.25, 0.3) is 0 Å². The summed E-state index contributed by atoms with van der Waals surface area (Å²) in [5, 5.41) is 0. The van der Waals surface area contributed by atoms with Crippen LogP contribution in [0, 0.1) is 0 Å². The maximum absolute atomic E-state index is 6.17. The lowest BCUT2D eigenvalue weighted by Gasteiger charge is -2.10. The third-order valence-electron chi connectivity index (χ3n) is 14.5. The monoisotopic (exact) mass is 1260 g/mol. The van der Waals surface area contributed by atoms with Crippen LogP contribution in [0.3, 0.4) is 0 Å². The largest absolute Gasteiger partial charge is 0.491 e. The predicted octanol–water partition coefficient (Wildman–Crippen LogP) is 11.6. The lowest BCUT2D eigenvalue weighted by Crippen LogP contribution is -2.12. The summed E-state index contributed by atoms with van der Waals surface area (Å²) >= 11 is 0. The van der Waals surface area contributed by atoms with Gasteiger partial charge in [0, 0.05) is 72.8 Å². The highest BCUT2D eigenvalue weighted by molar-refractivity contribution is 6.00. The molecule has 0 spiro atoms. The van der Waals surface area contributed by atoms with Crippen molar-refractivity contribution < 1.29 is 75.8 Å². The molecule has 0 saturated heterocycles. The second-order valence-corrected chi connectivity index (χ2v) is 20.9. The van der Waals surface area contributed by atoms with E-state index in [1.54, 1.807) is 28.4 Å². The van der Waals surface area contributed by atoms with Gasteiger partial charge in [0.05, 0.1) is 155 Å². The van der Waals surface area contributed by atoms with E-state index in [1.807, 2.05) is 48.5 Å². The predicted molar refractivity (Wildman–Crippen MR) is 357 cm³/mol. The number of ether oxygens (including phenoxy) is 16. The van der Waals surface area contributed by atoms with Crippen molar-refractivity contribution in [3.05, 3.63) is 144 Å². The van der Waals surface area contributed by atoms with Gasteiger partial charge in [-0.15, -0.1) is 0 Å². The summed E-state index contributed by atoms with van der Waals surface area (Å²) in [6.45, 7) is 11.2. The van der Waals surface area contributed by atoms with Crippen molar-refractivity contribution in [2.75, 3.05) is 187 Å². The normalized spacial score (nSPS) is 11.9. The van der Waals surface area contributed by atoms with Gasteiger partial charge in [-0.25, -0.2) is 9.97 Å². The molecule has 4 aromatic carbocycles. The van der Waals surface area contributed by atoms with Gasteiger partial charge >= 0.3 is 0 Å². The maximum atomic E-state index is 6.17. The van der Waals surface area contributed by atoms with Crippen molar-refractivity contribution in [1.29, 1.82) is 0 Å². The van der Waals surface area contributed by atoms with Gasteiger partial charge in [-0.05, 0) is 119 Å². The molecule has 20 nitrogen and oxygen atoms in total. The Morgan fingerprint density at radius 1 is 0.228 bits per heavy atom. The lowest BCUT2D eigenvalue weighted by molar-refractivity contribution is 0.0180. The number of aromatic amines is 2. The molecule has 490 valence electrons. The number of aromatic nitrogens is 4. The molecule has 2 N–H and O–H groups in total. The fraction of sp³-hybridized carbons (Fsp3) is 0.389. The number of fused-ring (bicyclic) bond motifs is 8. The van der Waals surface area contributed by atoms with E-state index >= 15 is 0 Å². The fourth-order valence-corrected chi connectivity index (χ4v) is 10.0. The maximum Gasteiger partial charge on any atom is 0.119 e. The second kappa shape index (κ2) is 38.9. The van der Waals surface area contributed by atoms with Gasteiger partial charge in [-0.2, -0.15) is 0 Å². The minimum atomic E-state index is 0.374. The van der Waals surface area contributed by atoms with E-state index < -0.39 is 0 Å². The van der Waals surface area contributed by atoms with Crippen molar-refractivity contribution in [2.24, 2.45) is 0 Å². The molecule has 0 saturated carbocycles. The van der Waals surface area contributed by atoms with Gasteiger partial charge in [0.15, 0.2) is 0 Å². The van der Waals surface area contributed by atoms with E-state index in [4.69, 9.17) is 85.8 Å². The molecule has 2 aliphatic rings. The number of hydrogen-bond acceptors (Lipinski definition) is 18. The summed E-state index contributed by atoms with van der Waals surface area (Å²) in [5.41, 5.74) is 13.7. The zero-order valence-electron chi connectivity index (χ0n) is 53.3. The van der Waals surface area contributed by atoms with Gasteiger partial charge in [-0.1, -0.05) is 48.5 Å². The highest BCUT2D eigenvalue weighted by atomic mass is 16.6. The lowest BCUT2D eigenvalue weighted by atomic mass is 10.0. The number of methoxy groups -OCH3 is 4. The summed E-state index contributed by atoms with van der Waals surface area (Å²) < 4.78 is 90.1. The number of benzene rings is 4. The molecule has 92 heavy (non-hydrogen) atoms. The van der Waals surface area contributed by atoms with Crippen LogP contribution in [0.1, 0.15) is 22.8 Å². The second-order valence-electron chi connectivity index (χ2n) is 20.9. The van der Waals surface area contributed by atoms with Crippen LogP contribution >= 0.6 is 0 Å². The van der Waals surface area contributed by atoms with Crippen LogP contribution in [0.15, 0.2) is 121 Å². The third kappa shape index (κ3) is 21.1. The Hall–Kier alpha value is -7.80. The Bertz CT molecular complexity index is 3350. The van der Waals surface area contributed by atoms with Crippen molar-refractivity contribution >= 4 is 46.4 Å². The number of hydrogen-bond donors (Lipinski definition) is 2. The molecule has 0 radical (unpaired) electrons. The van der Waals surface area contributed by atoms with Crippen LogP contribution in [0.25, 0.3) is 90.9 Å². The van der Waals surface area contributed by atoms with Crippen molar-refractivity contribution in [3.8, 4) is 67.5 Å². The van der Waals surface area contributed by atoms with Gasteiger partial charge in [0.2, 0.25) is 0 Å². The molecule has 0 amide bonds. The molecular weight excluding hydrogens is 1180 g/mol. The summed E-state index contributed by atoms with van der Waals surface area (Å²) in [7, 11) is 6.61.